The lowest BCUT2D eigenvalue weighted by Gasteiger charge is -2.22. The first-order chi connectivity index (χ1) is 15.6. The lowest BCUT2D eigenvalue weighted by molar-refractivity contribution is -0.137. The lowest BCUT2D eigenvalue weighted by atomic mass is 9.85. The molecule has 1 aliphatic carbocycles. The molecule has 1 aromatic carbocycles. The van der Waals surface area contributed by atoms with E-state index < -0.39 is 18.9 Å². The van der Waals surface area contributed by atoms with E-state index in [0.29, 0.717) is 21.8 Å². The normalized spacial score (nSPS) is 23.6. The molecule has 2 aliphatic rings. The maximum Gasteiger partial charge on any atom is 0.419 e. The fourth-order valence-electron chi connectivity index (χ4n) is 5.34. The summed E-state index contributed by atoms with van der Waals surface area (Å²) in [4.78, 5) is 11.4. The first-order valence-corrected chi connectivity index (χ1v) is 13.7. The number of rotatable bonds is 4. The number of halogens is 3. The summed E-state index contributed by atoms with van der Waals surface area (Å²) in [7, 11) is -2.63. The summed E-state index contributed by atoms with van der Waals surface area (Å²) in [5, 5.41) is 7.86. The molecule has 3 aromatic rings. The average molecular weight is 477 g/mol. The van der Waals surface area contributed by atoms with Crippen LogP contribution < -0.4 is 15.9 Å². The summed E-state index contributed by atoms with van der Waals surface area (Å²) in [6.45, 7) is 5.29. The molecular formula is C23H27F3N5OP. The van der Waals surface area contributed by atoms with E-state index in [0.717, 1.165) is 45.0 Å². The minimum absolute atomic E-state index is 0.134. The van der Waals surface area contributed by atoms with Crippen LogP contribution in [0.15, 0.2) is 30.6 Å². The van der Waals surface area contributed by atoms with Gasteiger partial charge in [0, 0.05) is 41.2 Å². The Balaban J connectivity index is 1.55. The van der Waals surface area contributed by atoms with Crippen LogP contribution in [0.3, 0.4) is 0 Å². The van der Waals surface area contributed by atoms with Gasteiger partial charge in [-0.25, -0.2) is 9.97 Å². The molecule has 176 valence electrons. The number of para-hydroxylation sites is 1. The van der Waals surface area contributed by atoms with Gasteiger partial charge in [0.15, 0.2) is 0 Å². The van der Waals surface area contributed by atoms with Gasteiger partial charge in [-0.05, 0) is 57.0 Å². The van der Waals surface area contributed by atoms with Crippen LogP contribution in [0.4, 0.5) is 19.1 Å². The van der Waals surface area contributed by atoms with E-state index >= 15 is 0 Å². The van der Waals surface area contributed by atoms with Gasteiger partial charge in [-0.3, -0.25) is 0 Å². The lowest BCUT2D eigenvalue weighted by Crippen LogP contribution is -2.24. The Morgan fingerprint density at radius 1 is 1.24 bits per heavy atom. The summed E-state index contributed by atoms with van der Waals surface area (Å²) in [6, 6.07) is 5.32. The minimum atomic E-state index is -4.60. The number of alkyl halides is 3. The van der Waals surface area contributed by atoms with Crippen molar-refractivity contribution in [1.29, 1.82) is 0 Å². The van der Waals surface area contributed by atoms with Crippen molar-refractivity contribution in [3.63, 3.8) is 0 Å². The number of benzene rings is 1. The molecule has 1 spiro atoms. The average Bonchev–Trinajstić information content (AvgIpc) is 3.47. The molecule has 10 heteroatoms. The van der Waals surface area contributed by atoms with Crippen molar-refractivity contribution >= 4 is 29.3 Å². The van der Waals surface area contributed by atoms with Gasteiger partial charge < -0.3 is 20.2 Å². The Morgan fingerprint density at radius 3 is 2.76 bits per heavy atom. The van der Waals surface area contributed by atoms with Crippen LogP contribution in [0.1, 0.15) is 31.2 Å². The second-order valence-corrected chi connectivity index (χ2v) is 12.9. The van der Waals surface area contributed by atoms with Gasteiger partial charge in [0.2, 0.25) is 5.95 Å². The van der Waals surface area contributed by atoms with E-state index in [1.165, 1.54) is 6.20 Å². The number of anilines is 1. The molecule has 0 amide bonds. The largest absolute Gasteiger partial charge is 0.419 e. The van der Waals surface area contributed by atoms with Crippen molar-refractivity contribution < 1.29 is 17.7 Å². The third kappa shape index (κ3) is 4.17. The molecule has 5 rings (SSSR count). The fourth-order valence-corrected chi connectivity index (χ4v) is 6.51. The molecule has 2 fully saturated rings. The molecule has 3 N–H and O–H groups in total. The van der Waals surface area contributed by atoms with Crippen LogP contribution >= 0.6 is 7.14 Å². The summed E-state index contributed by atoms with van der Waals surface area (Å²) >= 11 is 0. The number of H-pyrrole nitrogens is 1. The molecule has 0 bridgehead atoms. The SMILES string of the molecule is CP(C)(=O)c1cccc2c(-c3nc(NC4CCC5(CCNC5)C4)ncc3C(F)(F)F)c[nH]c12. The quantitative estimate of drug-likeness (QED) is 0.469. The Labute approximate surface area is 190 Å². The maximum absolute atomic E-state index is 13.9. The van der Waals surface area contributed by atoms with Crippen LogP contribution in [0, 0.1) is 5.41 Å². The number of aromatic amines is 1. The van der Waals surface area contributed by atoms with Gasteiger partial charge in [0.25, 0.3) is 0 Å². The standard InChI is InChI=1S/C23H27F3N5OP/c1-33(2,32)18-5-3-4-15-16(11-28-20(15)18)19-17(23(24,25)26)12-29-21(31-19)30-14-6-7-22(10-14)8-9-27-13-22/h3-5,11-12,14,27-28H,6-10,13H2,1-2H3,(H,29,30,31). The second-order valence-electron chi connectivity index (χ2n) is 9.72. The smallest absolute Gasteiger partial charge is 0.360 e. The van der Waals surface area contributed by atoms with Crippen molar-refractivity contribution in [3.05, 3.63) is 36.2 Å². The van der Waals surface area contributed by atoms with Crippen molar-refractivity contribution in [2.75, 3.05) is 31.7 Å². The van der Waals surface area contributed by atoms with Gasteiger partial charge in [-0.1, -0.05) is 12.1 Å². The molecule has 2 atom stereocenters. The van der Waals surface area contributed by atoms with E-state index in [4.69, 9.17) is 0 Å². The topological polar surface area (TPSA) is 82.7 Å². The van der Waals surface area contributed by atoms with E-state index in [-0.39, 0.29) is 23.1 Å². The predicted molar refractivity (Wildman–Crippen MR) is 125 cm³/mol. The van der Waals surface area contributed by atoms with Gasteiger partial charge >= 0.3 is 6.18 Å². The molecular weight excluding hydrogens is 450 g/mol. The van der Waals surface area contributed by atoms with Crippen molar-refractivity contribution in [2.45, 2.75) is 37.9 Å². The highest BCUT2D eigenvalue weighted by Crippen LogP contribution is 2.44. The second kappa shape index (κ2) is 7.84. The molecule has 33 heavy (non-hydrogen) atoms. The number of hydrogen-bond acceptors (Lipinski definition) is 5. The van der Waals surface area contributed by atoms with Gasteiger partial charge in [0.05, 0.1) is 11.2 Å². The highest BCUT2D eigenvalue weighted by Gasteiger charge is 2.41. The number of nitrogens with zero attached hydrogens (tertiary/aromatic N) is 2. The zero-order chi connectivity index (χ0) is 23.4. The molecule has 1 aliphatic heterocycles. The van der Waals surface area contributed by atoms with Gasteiger partial charge in [-0.2, -0.15) is 13.2 Å². The van der Waals surface area contributed by atoms with Crippen LogP contribution in [0.2, 0.25) is 0 Å². The Bertz CT molecular complexity index is 1240. The van der Waals surface area contributed by atoms with Crippen molar-refractivity contribution in [3.8, 4) is 11.3 Å². The predicted octanol–water partition coefficient (Wildman–Crippen LogP) is 4.84. The summed E-state index contributed by atoms with van der Waals surface area (Å²) < 4.78 is 54.4. The molecule has 3 heterocycles. The Morgan fingerprint density at radius 2 is 2.06 bits per heavy atom. The van der Waals surface area contributed by atoms with E-state index in [1.807, 2.05) is 0 Å². The minimum Gasteiger partial charge on any atom is -0.360 e. The maximum atomic E-state index is 13.9. The number of fused-ring (bicyclic) bond motifs is 1. The van der Waals surface area contributed by atoms with Crippen LogP contribution in [-0.4, -0.2) is 47.4 Å². The zero-order valence-electron chi connectivity index (χ0n) is 18.6. The molecule has 2 unspecified atom stereocenters. The summed E-state index contributed by atoms with van der Waals surface area (Å²) in [6.07, 6.45) is 1.89. The van der Waals surface area contributed by atoms with Crippen LogP contribution in [0.25, 0.3) is 22.2 Å². The van der Waals surface area contributed by atoms with Crippen LogP contribution in [-0.2, 0) is 10.7 Å². The molecule has 2 aromatic heterocycles. The third-order valence-corrected chi connectivity index (χ3v) is 8.52. The third-order valence-electron chi connectivity index (χ3n) is 6.99. The summed E-state index contributed by atoms with van der Waals surface area (Å²) in [5.74, 6) is 0.202. The van der Waals surface area contributed by atoms with Crippen LogP contribution in [0.5, 0.6) is 0 Å². The monoisotopic (exact) mass is 477 g/mol. The summed E-state index contributed by atoms with van der Waals surface area (Å²) in [5.41, 5.74) is 0.0991. The molecule has 6 nitrogen and oxygen atoms in total. The molecule has 0 radical (unpaired) electrons. The Kier molecular flexibility index (Phi) is 5.33. The number of nitrogens with one attached hydrogen (secondary N) is 3. The van der Waals surface area contributed by atoms with Gasteiger partial charge in [-0.15, -0.1) is 0 Å². The highest BCUT2D eigenvalue weighted by atomic mass is 31.2. The number of aromatic nitrogens is 3. The van der Waals surface area contributed by atoms with Crippen molar-refractivity contribution in [1.82, 2.24) is 20.3 Å². The molecule has 1 saturated heterocycles. The van der Waals surface area contributed by atoms with E-state index in [1.54, 1.807) is 31.5 Å². The fraction of sp³-hybridized carbons (Fsp3) is 0.478. The van der Waals surface area contributed by atoms with E-state index in [2.05, 4.69) is 25.6 Å². The molecule has 1 saturated carbocycles. The number of hydrogen-bond donors (Lipinski definition) is 3. The highest BCUT2D eigenvalue weighted by molar-refractivity contribution is 7.70. The Hall–Kier alpha value is -2.38. The first kappa shape index (κ1) is 22.4. The zero-order valence-corrected chi connectivity index (χ0v) is 19.5. The first-order valence-electron chi connectivity index (χ1n) is 11.1. The van der Waals surface area contributed by atoms with E-state index in [9.17, 15) is 17.7 Å². The van der Waals surface area contributed by atoms with Crippen molar-refractivity contribution in [2.24, 2.45) is 5.41 Å². The van der Waals surface area contributed by atoms with Gasteiger partial charge in [0.1, 0.15) is 12.7 Å².